The standard InChI is InChI=1S/C27H35F3N6O3S/c1-18-24(26(37)35-13-8-23(9-14-35)34-11-6-22(7-12-34)33-40(2,38)39)31-17-32-25(18)36-10-5-19-3-4-21(27(28,29)30)15-20(19)16-36/h3-4,15,17,22-23,33H,5-14,16H2,1-2H3. The highest BCUT2D eigenvalue weighted by atomic mass is 32.2. The average Bonchev–Trinajstić information content (AvgIpc) is 2.91. The minimum Gasteiger partial charge on any atom is -0.352 e. The molecule has 4 heterocycles. The molecular formula is C27H35F3N6O3S. The number of likely N-dealkylation sites (tertiary alicyclic amines) is 2. The average molecular weight is 581 g/mol. The van der Waals surface area contributed by atoms with Gasteiger partial charge in [-0.05, 0) is 75.4 Å². The van der Waals surface area contributed by atoms with Gasteiger partial charge in [-0.2, -0.15) is 13.2 Å². The van der Waals surface area contributed by atoms with Crippen molar-refractivity contribution in [2.24, 2.45) is 0 Å². The topological polar surface area (TPSA) is 98.7 Å². The van der Waals surface area contributed by atoms with Crippen LogP contribution in [0, 0.1) is 6.92 Å². The quantitative estimate of drug-likeness (QED) is 0.581. The third-order valence-corrected chi connectivity index (χ3v) is 9.05. The second-order valence-corrected chi connectivity index (χ2v) is 12.8. The van der Waals surface area contributed by atoms with Crippen LogP contribution in [0.15, 0.2) is 24.5 Å². The third-order valence-electron chi connectivity index (χ3n) is 8.28. The number of nitrogens with one attached hydrogen (secondary N) is 1. The van der Waals surface area contributed by atoms with E-state index in [-0.39, 0.29) is 18.5 Å². The number of amides is 1. The molecule has 1 amide bonds. The first kappa shape index (κ1) is 28.7. The Labute approximate surface area is 232 Å². The van der Waals surface area contributed by atoms with Crippen LogP contribution in [-0.2, 0) is 29.2 Å². The van der Waals surface area contributed by atoms with Crippen LogP contribution in [0.2, 0.25) is 0 Å². The Kier molecular flexibility index (Phi) is 8.08. The first-order chi connectivity index (χ1) is 18.9. The van der Waals surface area contributed by atoms with E-state index in [1.807, 2.05) is 9.80 Å². The van der Waals surface area contributed by atoms with Crippen molar-refractivity contribution in [3.63, 3.8) is 0 Å². The summed E-state index contributed by atoms with van der Waals surface area (Å²) >= 11 is 0. The molecule has 1 aromatic carbocycles. The number of piperidine rings is 2. The lowest BCUT2D eigenvalue weighted by Gasteiger charge is -2.41. The van der Waals surface area contributed by atoms with Gasteiger partial charge in [0.15, 0.2) is 0 Å². The van der Waals surface area contributed by atoms with E-state index in [9.17, 15) is 26.4 Å². The number of rotatable bonds is 5. The lowest BCUT2D eigenvalue weighted by Crippen LogP contribution is -2.51. The molecule has 0 spiro atoms. The van der Waals surface area contributed by atoms with Crippen LogP contribution in [0.1, 0.15) is 58.4 Å². The minimum absolute atomic E-state index is 0.0251. The maximum atomic E-state index is 13.5. The van der Waals surface area contributed by atoms with Crippen molar-refractivity contribution in [3.05, 3.63) is 52.5 Å². The van der Waals surface area contributed by atoms with E-state index in [2.05, 4.69) is 19.6 Å². The van der Waals surface area contributed by atoms with E-state index in [1.165, 1.54) is 18.6 Å². The second-order valence-electron chi connectivity index (χ2n) is 11.0. The Morgan fingerprint density at radius 3 is 2.35 bits per heavy atom. The largest absolute Gasteiger partial charge is 0.416 e. The zero-order chi connectivity index (χ0) is 28.7. The fourth-order valence-electron chi connectivity index (χ4n) is 6.16. The van der Waals surface area contributed by atoms with E-state index in [0.29, 0.717) is 54.7 Å². The highest BCUT2D eigenvalue weighted by molar-refractivity contribution is 7.88. The van der Waals surface area contributed by atoms with Crippen molar-refractivity contribution < 1.29 is 26.4 Å². The molecule has 40 heavy (non-hydrogen) atoms. The van der Waals surface area contributed by atoms with E-state index in [1.54, 1.807) is 13.0 Å². The summed E-state index contributed by atoms with van der Waals surface area (Å²) in [4.78, 5) is 28.3. The predicted octanol–water partition coefficient (Wildman–Crippen LogP) is 2.98. The van der Waals surface area contributed by atoms with Gasteiger partial charge in [0.05, 0.1) is 11.8 Å². The SMILES string of the molecule is Cc1c(C(=O)N2CCC(N3CCC(NS(C)(=O)=O)CC3)CC2)ncnc1N1CCc2ccc(C(F)(F)F)cc2C1. The van der Waals surface area contributed by atoms with Crippen molar-refractivity contribution in [2.45, 2.75) is 63.8 Å². The molecule has 2 fully saturated rings. The number of hydrogen-bond acceptors (Lipinski definition) is 7. The fraction of sp³-hybridized carbons (Fsp3) is 0.593. The minimum atomic E-state index is -4.40. The Morgan fingerprint density at radius 2 is 1.70 bits per heavy atom. The summed E-state index contributed by atoms with van der Waals surface area (Å²) in [7, 11) is -3.21. The van der Waals surface area contributed by atoms with Crippen molar-refractivity contribution in [1.82, 2.24) is 24.5 Å². The number of fused-ring (bicyclic) bond motifs is 1. The zero-order valence-corrected chi connectivity index (χ0v) is 23.6. The molecule has 0 saturated carbocycles. The van der Waals surface area contributed by atoms with Crippen LogP contribution in [0.25, 0.3) is 0 Å². The molecular weight excluding hydrogens is 545 g/mol. The number of carbonyl (C=O) groups is 1. The normalized spacial score (nSPS) is 20.0. The highest BCUT2D eigenvalue weighted by Gasteiger charge is 2.34. The van der Waals surface area contributed by atoms with Gasteiger partial charge in [0.2, 0.25) is 10.0 Å². The predicted molar refractivity (Wildman–Crippen MR) is 144 cm³/mol. The molecule has 0 atom stereocenters. The zero-order valence-electron chi connectivity index (χ0n) is 22.7. The van der Waals surface area contributed by atoms with Crippen LogP contribution in [0.4, 0.5) is 19.0 Å². The van der Waals surface area contributed by atoms with Crippen molar-refractivity contribution >= 4 is 21.7 Å². The monoisotopic (exact) mass is 580 g/mol. The molecule has 9 nitrogen and oxygen atoms in total. The summed E-state index contributed by atoms with van der Waals surface area (Å²) in [6.07, 6.45) is 1.94. The van der Waals surface area contributed by atoms with Crippen LogP contribution in [0.5, 0.6) is 0 Å². The Bertz CT molecular complexity index is 1350. The summed E-state index contributed by atoms with van der Waals surface area (Å²) < 4.78 is 65.5. The van der Waals surface area contributed by atoms with Gasteiger partial charge in [-0.15, -0.1) is 0 Å². The first-order valence-corrected chi connectivity index (χ1v) is 15.5. The van der Waals surface area contributed by atoms with Gasteiger partial charge >= 0.3 is 6.18 Å². The number of nitrogens with zero attached hydrogens (tertiary/aromatic N) is 5. The molecule has 3 aliphatic heterocycles. The molecule has 0 radical (unpaired) electrons. The van der Waals surface area contributed by atoms with Gasteiger partial charge in [0.25, 0.3) is 5.91 Å². The highest BCUT2D eigenvalue weighted by Crippen LogP contribution is 2.33. The molecule has 13 heteroatoms. The molecule has 2 aromatic rings. The third kappa shape index (κ3) is 6.41. The second kappa shape index (κ2) is 11.2. The van der Waals surface area contributed by atoms with Crippen molar-refractivity contribution in [2.75, 3.05) is 43.9 Å². The number of halogens is 3. The number of benzene rings is 1. The molecule has 5 rings (SSSR count). The van der Waals surface area contributed by atoms with E-state index < -0.39 is 21.8 Å². The molecule has 1 N–H and O–H groups in total. The number of carbonyl (C=O) groups excluding carboxylic acids is 1. The maximum Gasteiger partial charge on any atom is 0.416 e. The van der Waals surface area contributed by atoms with Crippen LogP contribution in [0.3, 0.4) is 0 Å². The number of sulfonamides is 1. The Hall–Kier alpha value is -2.77. The molecule has 0 unspecified atom stereocenters. The summed E-state index contributed by atoms with van der Waals surface area (Å²) in [6.45, 7) is 5.51. The Balaban J connectivity index is 1.21. The smallest absolute Gasteiger partial charge is 0.352 e. The lowest BCUT2D eigenvalue weighted by atomic mass is 9.96. The molecule has 218 valence electrons. The van der Waals surface area contributed by atoms with E-state index in [0.717, 1.165) is 50.4 Å². The lowest BCUT2D eigenvalue weighted by molar-refractivity contribution is -0.137. The van der Waals surface area contributed by atoms with Crippen LogP contribution >= 0.6 is 0 Å². The summed E-state index contributed by atoms with van der Waals surface area (Å²) in [5.41, 5.74) is 1.80. The molecule has 2 saturated heterocycles. The van der Waals surface area contributed by atoms with Crippen LogP contribution < -0.4 is 9.62 Å². The number of anilines is 1. The van der Waals surface area contributed by atoms with Crippen molar-refractivity contribution in [1.29, 1.82) is 0 Å². The Morgan fingerprint density at radius 1 is 1.00 bits per heavy atom. The van der Waals surface area contributed by atoms with Gasteiger partial charge in [-0.25, -0.2) is 23.1 Å². The van der Waals surface area contributed by atoms with Gasteiger partial charge in [-0.1, -0.05) is 6.07 Å². The van der Waals surface area contributed by atoms with Gasteiger partial charge < -0.3 is 14.7 Å². The molecule has 0 aliphatic carbocycles. The number of aromatic nitrogens is 2. The van der Waals surface area contributed by atoms with Gasteiger partial charge in [0, 0.05) is 43.8 Å². The van der Waals surface area contributed by atoms with E-state index >= 15 is 0 Å². The number of alkyl halides is 3. The summed E-state index contributed by atoms with van der Waals surface area (Å²) in [5.74, 6) is 0.411. The summed E-state index contributed by atoms with van der Waals surface area (Å²) in [5, 5.41) is 0. The van der Waals surface area contributed by atoms with Crippen LogP contribution in [-0.4, -0.2) is 85.2 Å². The molecule has 3 aliphatic rings. The molecule has 0 bridgehead atoms. The number of hydrogen-bond donors (Lipinski definition) is 1. The summed E-state index contributed by atoms with van der Waals surface area (Å²) in [6, 6.07) is 4.21. The van der Waals surface area contributed by atoms with Gasteiger partial charge in [0.1, 0.15) is 17.8 Å². The maximum absolute atomic E-state index is 13.5. The van der Waals surface area contributed by atoms with Gasteiger partial charge in [-0.3, -0.25) is 4.79 Å². The van der Waals surface area contributed by atoms with E-state index in [4.69, 9.17) is 0 Å². The fourth-order valence-corrected chi connectivity index (χ4v) is 7.00. The van der Waals surface area contributed by atoms with Crippen molar-refractivity contribution in [3.8, 4) is 0 Å². The molecule has 1 aromatic heterocycles. The first-order valence-electron chi connectivity index (χ1n) is 13.6.